The maximum absolute atomic E-state index is 10.2. The first kappa shape index (κ1) is 12.2. The van der Waals surface area contributed by atoms with E-state index in [-0.39, 0.29) is 5.41 Å². The lowest BCUT2D eigenvalue weighted by Crippen LogP contribution is -2.12. The van der Waals surface area contributed by atoms with Crippen molar-refractivity contribution in [2.75, 3.05) is 0 Å². The lowest BCUT2D eigenvalue weighted by Gasteiger charge is -2.14. The molecular weight excluding hydrogens is 236 g/mol. The monoisotopic (exact) mass is 252 g/mol. The second kappa shape index (κ2) is 4.19. The molecule has 1 atom stereocenters. The van der Waals surface area contributed by atoms with Crippen LogP contribution in [0.15, 0.2) is 11.6 Å². The molecule has 0 bridgehead atoms. The van der Waals surface area contributed by atoms with E-state index in [2.05, 4.69) is 36.1 Å². The van der Waals surface area contributed by atoms with E-state index in [0.717, 1.165) is 5.01 Å². The van der Waals surface area contributed by atoms with E-state index in [1.54, 1.807) is 29.3 Å². The number of nitrogens with zero attached hydrogens (tertiary/aromatic N) is 4. The fourth-order valence-corrected chi connectivity index (χ4v) is 2.38. The summed E-state index contributed by atoms with van der Waals surface area (Å²) in [6, 6.07) is 0. The Morgan fingerprint density at radius 2 is 2.12 bits per heavy atom. The average molecular weight is 252 g/mol. The topological polar surface area (TPSA) is 63.8 Å². The molecule has 0 radical (unpaired) electrons. The molecule has 0 amide bonds. The molecule has 17 heavy (non-hydrogen) atoms. The van der Waals surface area contributed by atoms with E-state index in [0.29, 0.717) is 11.4 Å². The molecule has 0 saturated carbocycles. The fraction of sp³-hybridized carbons (Fsp3) is 0.545. The van der Waals surface area contributed by atoms with Crippen molar-refractivity contribution in [2.45, 2.75) is 32.3 Å². The van der Waals surface area contributed by atoms with E-state index < -0.39 is 6.10 Å². The van der Waals surface area contributed by atoms with Crippen LogP contribution in [0.1, 0.15) is 43.3 Å². The minimum absolute atomic E-state index is 0.00729. The first-order valence-corrected chi connectivity index (χ1v) is 6.26. The summed E-state index contributed by atoms with van der Waals surface area (Å²) in [6.45, 7) is 6.31. The van der Waals surface area contributed by atoms with Gasteiger partial charge >= 0.3 is 0 Å². The van der Waals surface area contributed by atoms with Crippen LogP contribution in [-0.4, -0.2) is 25.1 Å². The molecule has 2 aromatic rings. The second-order valence-corrected chi connectivity index (χ2v) is 5.87. The Morgan fingerprint density at radius 3 is 2.59 bits per heavy atom. The van der Waals surface area contributed by atoms with Crippen LogP contribution in [0.3, 0.4) is 0 Å². The molecule has 92 valence electrons. The Balaban J connectivity index is 2.30. The molecule has 6 heteroatoms. The van der Waals surface area contributed by atoms with Crippen LogP contribution in [0.2, 0.25) is 0 Å². The summed E-state index contributed by atoms with van der Waals surface area (Å²) >= 11 is 1.57. The zero-order chi connectivity index (χ0) is 12.6. The normalized spacial score (nSPS) is 13.9. The van der Waals surface area contributed by atoms with Gasteiger partial charge in [-0.2, -0.15) is 0 Å². The zero-order valence-electron chi connectivity index (χ0n) is 10.4. The van der Waals surface area contributed by atoms with E-state index >= 15 is 0 Å². The lowest BCUT2D eigenvalue weighted by atomic mass is 9.98. The standard InChI is InChI=1S/C11H16N4OS/c1-11(2,3)10-13-7(6-17-10)9(16)8-5-12-14-15(8)4/h5-6,9,16H,1-4H3. The smallest absolute Gasteiger partial charge is 0.140 e. The van der Waals surface area contributed by atoms with E-state index in [1.165, 1.54) is 0 Å². The van der Waals surface area contributed by atoms with Crippen molar-refractivity contribution < 1.29 is 5.11 Å². The number of hydrogen-bond acceptors (Lipinski definition) is 5. The van der Waals surface area contributed by atoms with Gasteiger partial charge < -0.3 is 5.11 Å². The molecule has 1 N–H and O–H groups in total. The lowest BCUT2D eigenvalue weighted by molar-refractivity contribution is 0.205. The van der Waals surface area contributed by atoms with Crippen molar-refractivity contribution in [3.63, 3.8) is 0 Å². The third kappa shape index (κ3) is 2.37. The molecule has 2 heterocycles. The maximum Gasteiger partial charge on any atom is 0.140 e. The van der Waals surface area contributed by atoms with Crippen molar-refractivity contribution in [1.29, 1.82) is 0 Å². The molecule has 2 aromatic heterocycles. The number of rotatable bonds is 2. The predicted molar refractivity (Wildman–Crippen MR) is 65.9 cm³/mol. The molecule has 1 unspecified atom stereocenters. The van der Waals surface area contributed by atoms with Crippen LogP contribution >= 0.6 is 11.3 Å². The molecule has 0 aliphatic rings. The molecule has 0 fully saturated rings. The van der Waals surface area contributed by atoms with Gasteiger partial charge in [-0.25, -0.2) is 9.67 Å². The summed E-state index contributed by atoms with van der Waals surface area (Å²) < 4.78 is 1.56. The van der Waals surface area contributed by atoms with Crippen molar-refractivity contribution in [1.82, 2.24) is 20.0 Å². The first-order valence-electron chi connectivity index (χ1n) is 5.38. The van der Waals surface area contributed by atoms with Gasteiger partial charge in [0.05, 0.1) is 22.6 Å². The van der Waals surface area contributed by atoms with Crippen molar-refractivity contribution in [3.05, 3.63) is 28.0 Å². The third-order valence-corrected chi connectivity index (χ3v) is 3.76. The van der Waals surface area contributed by atoms with E-state index in [1.807, 2.05) is 5.38 Å². The zero-order valence-corrected chi connectivity index (χ0v) is 11.2. The summed E-state index contributed by atoms with van der Waals surface area (Å²) in [5.41, 5.74) is 1.31. The Morgan fingerprint density at radius 1 is 1.41 bits per heavy atom. The van der Waals surface area contributed by atoms with Crippen LogP contribution in [0.25, 0.3) is 0 Å². The van der Waals surface area contributed by atoms with Crippen LogP contribution < -0.4 is 0 Å². The molecule has 0 saturated heterocycles. The van der Waals surface area contributed by atoms with Gasteiger partial charge in [-0.3, -0.25) is 0 Å². The number of aromatic nitrogens is 4. The number of aliphatic hydroxyl groups is 1. The van der Waals surface area contributed by atoms with Crippen molar-refractivity contribution in [2.24, 2.45) is 7.05 Å². The van der Waals surface area contributed by atoms with Crippen LogP contribution in [0, 0.1) is 0 Å². The molecule has 0 aliphatic carbocycles. The first-order chi connectivity index (χ1) is 7.89. The van der Waals surface area contributed by atoms with Crippen LogP contribution in [0.5, 0.6) is 0 Å². The summed E-state index contributed by atoms with van der Waals surface area (Å²) in [5, 5.41) is 20.6. The summed E-state index contributed by atoms with van der Waals surface area (Å²) in [5.74, 6) is 0. The van der Waals surface area contributed by atoms with Gasteiger partial charge in [0.2, 0.25) is 0 Å². The fourth-order valence-electron chi connectivity index (χ4n) is 1.45. The highest BCUT2D eigenvalue weighted by Gasteiger charge is 2.22. The van der Waals surface area contributed by atoms with Crippen molar-refractivity contribution in [3.8, 4) is 0 Å². The summed E-state index contributed by atoms with van der Waals surface area (Å²) in [7, 11) is 1.75. The Bertz CT molecular complexity index is 512. The van der Waals surface area contributed by atoms with Crippen molar-refractivity contribution >= 4 is 11.3 Å². The largest absolute Gasteiger partial charge is 0.380 e. The van der Waals surface area contributed by atoms with E-state index in [9.17, 15) is 5.11 Å². The average Bonchev–Trinajstić information content (AvgIpc) is 2.83. The molecule has 0 aromatic carbocycles. The molecular formula is C11H16N4OS. The van der Waals surface area contributed by atoms with Crippen LogP contribution in [-0.2, 0) is 12.5 Å². The third-order valence-electron chi connectivity index (χ3n) is 2.47. The van der Waals surface area contributed by atoms with Gasteiger partial charge in [-0.1, -0.05) is 26.0 Å². The number of thiazole rings is 1. The Hall–Kier alpha value is -1.27. The predicted octanol–water partition coefficient (Wildman–Crippen LogP) is 1.65. The Kier molecular flexibility index (Phi) is 3.01. The van der Waals surface area contributed by atoms with Gasteiger partial charge in [-0.15, -0.1) is 16.4 Å². The highest BCUT2D eigenvalue weighted by Crippen LogP contribution is 2.29. The highest BCUT2D eigenvalue weighted by atomic mass is 32.1. The van der Waals surface area contributed by atoms with Gasteiger partial charge in [-0.05, 0) is 0 Å². The highest BCUT2D eigenvalue weighted by molar-refractivity contribution is 7.09. The van der Waals surface area contributed by atoms with Gasteiger partial charge in [0.25, 0.3) is 0 Å². The number of aryl methyl sites for hydroxylation is 1. The maximum atomic E-state index is 10.2. The number of aliphatic hydroxyl groups excluding tert-OH is 1. The quantitative estimate of drug-likeness (QED) is 0.882. The number of hydrogen-bond donors (Lipinski definition) is 1. The molecule has 0 spiro atoms. The van der Waals surface area contributed by atoms with Gasteiger partial charge in [0.15, 0.2) is 0 Å². The van der Waals surface area contributed by atoms with Crippen LogP contribution in [0.4, 0.5) is 0 Å². The van der Waals surface area contributed by atoms with Gasteiger partial charge in [0.1, 0.15) is 6.10 Å². The SMILES string of the molecule is Cn1nncc1C(O)c1csc(C(C)(C)C)n1. The molecule has 0 aliphatic heterocycles. The Labute approximate surface area is 104 Å². The second-order valence-electron chi connectivity index (χ2n) is 5.01. The molecule has 2 rings (SSSR count). The molecule has 5 nitrogen and oxygen atoms in total. The van der Waals surface area contributed by atoms with Gasteiger partial charge in [0, 0.05) is 17.8 Å². The summed E-state index contributed by atoms with van der Waals surface area (Å²) in [4.78, 5) is 4.48. The van der Waals surface area contributed by atoms with E-state index in [4.69, 9.17) is 0 Å². The minimum atomic E-state index is -0.762. The minimum Gasteiger partial charge on any atom is -0.380 e. The summed E-state index contributed by atoms with van der Waals surface area (Å²) in [6.07, 6.45) is 0.795.